The number of aromatic amines is 1. The van der Waals surface area contributed by atoms with Crippen LogP contribution in [0.3, 0.4) is 0 Å². The molecule has 0 radical (unpaired) electrons. The van der Waals surface area contributed by atoms with E-state index in [0.29, 0.717) is 15.7 Å². The van der Waals surface area contributed by atoms with E-state index in [2.05, 4.69) is 26.2 Å². The predicted molar refractivity (Wildman–Crippen MR) is 239 cm³/mol. The second kappa shape index (κ2) is 26.9. The van der Waals surface area contributed by atoms with Crippen molar-refractivity contribution in [2.24, 2.45) is 0 Å². The van der Waals surface area contributed by atoms with Crippen LogP contribution < -0.4 is 11.1 Å². The first-order valence-corrected chi connectivity index (χ1v) is 18.6. The Morgan fingerprint density at radius 2 is 0.902 bits per heavy atom. The second-order valence-electron chi connectivity index (χ2n) is 11.6. The first kappa shape index (κ1) is 52.9. The Kier molecular flexibility index (Phi) is 23.3. The third-order valence-corrected chi connectivity index (χ3v) is 8.14. The van der Waals surface area contributed by atoms with E-state index in [4.69, 9.17) is 60.3 Å². The van der Waals surface area contributed by atoms with Crippen LogP contribution in [0.5, 0.6) is 0 Å². The molecule has 0 saturated heterocycles. The molecule has 61 heavy (non-hydrogen) atoms. The van der Waals surface area contributed by atoms with Crippen LogP contribution in [0, 0.1) is 30.3 Å². The molecule has 6 N–H and O–H groups in total. The van der Waals surface area contributed by atoms with E-state index in [9.17, 15) is 30.3 Å². The number of nitro groups is 3. The number of non-ortho nitro benzene ring substituents is 3. The average molecular weight is 1050 g/mol. The summed E-state index contributed by atoms with van der Waals surface area (Å²) in [6.07, 6.45) is 0. The van der Waals surface area contributed by atoms with Crippen molar-refractivity contribution in [1.82, 2.24) is 4.98 Å². The van der Waals surface area contributed by atoms with Gasteiger partial charge in [-0.3, -0.25) is 39.9 Å². The number of hydrogen-bond donors (Lipinski definition) is 5. The first-order valence-electron chi connectivity index (χ1n) is 16.7. The van der Waals surface area contributed by atoms with Gasteiger partial charge in [-0.1, -0.05) is 50.7 Å². The number of benzene rings is 6. The number of aliphatic carboxylic acids is 2. The third kappa shape index (κ3) is 20.6. The molecular formula is C40H34BrCl3N6O10Pd. The summed E-state index contributed by atoms with van der Waals surface area (Å²) in [5, 5.41) is 53.0. The Hall–Kier alpha value is -6.13. The number of H-pyrrole nitrogens is 1. The molecule has 0 saturated carbocycles. The number of nitro benzene ring substituents is 3. The van der Waals surface area contributed by atoms with Gasteiger partial charge in [-0.2, -0.15) is 0 Å². The minimum Gasteiger partial charge on any atom is -0.481 e. The Balaban J connectivity index is 0.000000394. The van der Waals surface area contributed by atoms with E-state index >= 15 is 0 Å². The van der Waals surface area contributed by atoms with Gasteiger partial charge in [0.15, 0.2) is 0 Å². The SMILES string of the molecule is CC(=O)O.CC(=O)O.Clc1ccc(Br)cc1.Nc1ccc([N+](=O)[O-])cc1.O=[N+]([O-])c1ccc(Nc2ccc(Cl)cc2)cc1.O=[N+]([O-])c1ccc2[nH]c3ccc(Cl)cc3c2c1.[Pd]. The van der Waals surface area contributed by atoms with Crippen LogP contribution in [-0.2, 0) is 30.0 Å². The van der Waals surface area contributed by atoms with Crippen LogP contribution >= 0.6 is 50.7 Å². The zero-order chi connectivity index (χ0) is 44.9. The van der Waals surface area contributed by atoms with E-state index in [1.165, 1.54) is 42.5 Å². The number of aromatic nitrogens is 1. The molecule has 7 rings (SSSR count). The molecule has 0 amide bonds. The predicted octanol–water partition coefficient (Wildman–Crippen LogP) is 12.3. The molecule has 1 aromatic heterocycles. The fourth-order valence-electron chi connectivity index (χ4n) is 4.36. The van der Waals surface area contributed by atoms with Gasteiger partial charge in [-0.15, -0.1) is 0 Å². The Bertz CT molecular complexity index is 2490. The number of hydrogen-bond acceptors (Lipinski definition) is 10. The number of nitrogens with one attached hydrogen (secondary N) is 2. The summed E-state index contributed by atoms with van der Waals surface area (Å²) in [4.78, 5) is 51.2. The van der Waals surface area contributed by atoms with Crippen molar-refractivity contribution in [3.8, 4) is 0 Å². The number of nitrogen functional groups attached to an aromatic ring is 1. The van der Waals surface area contributed by atoms with Gasteiger partial charge >= 0.3 is 0 Å². The van der Waals surface area contributed by atoms with Crippen LogP contribution in [0.25, 0.3) is 21.8 Å². The van der Waals surface area contributed by atoms with Crippen LogP contribution in [0.1, 0.15) is 13.8 Å². The Morgan fingerprint density at radius 1 is 0.574 bits per heavy atom. The minimum atomic E-state index is -0.833. The van der Waals surface area contributed by atoms with Gasteiger partial charge in [0.25, 0.3) is 29.0 Å². The van der Waals surface area contributed by atoms with Crippen LogP contribution in [0.4, 0.5) is 34.1 Å². The molecule has 0 aliphatic heterocycles. The van der Waals surface area contributed by atoms with Gasteiger partial charge in [0, 0.05) is 129 Å². The normalized spacial score (nSPS) is 9.41. The quantitative estimate of drug-likeness (QED) is 0.0467. The van der Waals surface area contributed by atoms with Crippen LogP contribution in [0.2, 0.25) is 15.1 Å². The molecular weight excluding hydrogens is 1020 g/mol. The molecule has 0 unspecified atom stereocenters. The Labute approximate surface area is 384 Å². The molecule has 0 fully saturated rings. The smallest absolute Gasteiger partial charge is 0.300 e. The van der Waals surface area contributed by atoms with Crippen LogP contribution in [-0.4, -0.2) is 41.9 Å². The molecule has 21 heteroatoms. The first-order chi connectivity index (χ1) is 28.2. The number of carboxylic acid groups (broad SMARTS) is 2. The van der Waals surface area contributed by atoms with Crippen molar-refractivity contribution >= 4 is 119 Å². The molecule has 1 heterocycles. The summed E-state index contributed by atoms with van der Waals surface area (Å²) in [5.41, 5.74) is 9.52. The summed E-state index contributed by atoms with van der Waals surface area (Å²) in [5.74, 6) is -1.67. The number of carboxylic acids is 2. The van der Waals surface area contributed by atoms with Crippen molar-refractivity contribution in [3.63, 3.8) is 0 Å². The molecule has 16 nitrogen and oxygen atoms in total. The fourth-order valence-corrected chi connectivity index (χ4v) is 5.05. The summed E-state index contributed by atoms with van der Waals surface area (Å²) >= 11 is 20.6. The average Bonchev–Trinajstić information content (AvgIpc) is 3.55. The Morgan fingerprint density at radius 3 is 1.31 bits per heavy atom. The molecule has 0 aliphatic rings. The van der Waals surface area contributed by atoms with Gasteiger partial charge in [0.1, 0.15) is 0 Å². The van der Waals surface area contributed by atoms with E-state index in [0.717, 1.165) is 56.5 Å². The standard InChI is InChI=1S/C12H7ClN2O2.C12H9ClN2O2.C6H4BrCl.C6H6N2O2.2C2H4O2.Pd/c13-7-1-3-11-9(5-7)10-6-8(15(16)17)2-4-12(10)14-11;13-9-1-3-10(4-2-9)14-11-5-7-12(8-6-11)15(16)17;7-5-1-3-6(8)4-2-5;7-5-1-3-6(4-2-5)8(9)10;2*1-2(3)4;/h1-6,14H;1-8,14H;1-4H;1-4H,7H2;2*1H3,(H,3,4);. The van der Waals surface area contributed by atoms with Gasteiger partial charge < -0.3 is 26.2 Å². The number of fused-ring (bicyclic) bond motifs is 3. The maximum absolute atomic E-state index is 10.7. The number of nitrogens with zero attached hydrogens (tertiary/aromatic N) is 3. The number of carbonyl (C=O) groups is 2. The summed E-state index contributed by atoms with van der Waals surface area (Å²) < 4.78 is 1.06. The van der Waals surface area contributed by atoms with Gasteiger partial charge in [-0.05, 0) is 97.1 Å². The minimum absolute atomic E-state index is 0. The second-order valence-corrected chi connectivity index (χ2v) is 13.8. The zero-order valence-electron chi connectivity index (χ0n) is 31.6. The van der Waals surface area contributed by atoms with Crippen LogP contribution in [0.15, 0.2) is 138 Å². The molecule has 0 spiro atoms. The van der Waals surface area contributed by atoms with Gasteiger partial charge in [-0.25, -0.2) is 0 Å². The largest absolute Gasteiger partial charge is 0.481 e. The summed E-state index contributed by atoms with van der Waals surface area (Å²) in [7, 11) is 0. The third-order valence-electron chi connectivity index (χ3n) is 6.87. The number of rotatable bonds is 5. The summed E-state index contributed by atoms with van der Waals surface area (Å²) in [6, 6.07) is 36.9. The van der Waals surface area contributed by atoms with E-state index in [1.807, 2.05) is 42.5 Å². The topological polar surface area (TPSA) is 258 Å². The molecule has 7 aromatic rings. The maximum atomic E-state index is 10.7. The maximum Gasteiger partial charge on any atom is 0.300 e. The molecule has 6 aromatic carbocycles. The number of halogens is 4. The van der Waals surface area contributed by atoms with Crippen molar-refractivity contribution < 1.29 is 55.0 Å². The van der Waals surface area contributed by atoms with Crippen molar-refractivity contribution in [3.05, 3.63) is 183 Å². The van der Waals surface area contributed by atoms with E-state index in [1.54, 1.807) is 48.5 Å². The molecule has 0 atom stereocenters. The van der Waals surface area contributed by atoms with Gasteiger partial charge in [0.2, 0.25) is 0 Å². The fraction of sp³-hybridized carbons (Fsp3) is 0.0500. The van der Waals surface area contributed by atoms with Gasteiger partial charge in [0.05, 0.1) is 14.8 Å². The van der Waals surface area contributed by atoms with E-state index < -0.39 is 26.7 Å². The van der Waals surface area contributed by atoms with Crippen molar-refractivity contribution in [1.29, 1.82) is 0 Å². The van der Waals surface area contributed by atoms with E-state index in [-0.39, 0.29) is 37.5 Å². The van der Waals surface area contributed by atoms with Crippen molar-refractivity contribution in [2.45, 2.75) is 13.8 Å². The molecule has 0 aliphatic carbocycles. The number of anilines is 3. The summed E-state index contributed by atoms with van der Waals surface area (Å²) in [6.45, 7) is 2.17. The zero-order valence-corrected chi connectivity index (χ0v) is 37.0. The number of nitrogens with two attached hydrogens (primary N) is 1. The van der Waals surface area contributed by atoms with Crippen molar-refractivity contribution in [2.75, 3.05) is 11.1 Å². The molecule has 322 valence electrons. The molecule has 0 bridgehead atoms. The monoisotopic (exact) mass is 1050 g/mol.